The summed E-state index contributed by atoms with van der Waals surface area (Å²) in [6.07, 6.45) is 6.26. The summed E-state index contributed by atoms with van der Waals surface area (Å²) in [7, 11) is 0. The lowest BCUT2D eigenvalue weighted by atomic mass is 10.3. The fourth-order valence-electron chi connectivity index (χ4n) is 1.96. The van der Waals surface area contributed by atoms with Gasteiger partial charge in [-0.3, -0.25) is 0 Å². The van der Waals surface area contributed by atoms with Crippen LogP contribution in [0.1, 0.15) is 24.6 Å². The molecule has 0 aliphatic heterocycles. The Hall–Kier alpha value is -1.68. The lowest BCUT2D eigenvalue weighted by Gasteiger charge is -2.09. The van der Waals surface area contributed by atoms with Crippen molar-refractivity contribution in [3.8, 4) is 5.75 Å². The van der Waals surface area contributed by atoms with Crippen LogP contribution in [-0.4, -0.2) is 14.7 Å². The van der Waals surface area contributed by atoms with Gasteiger partial charge in [-0.2, -0.15) is 0 Å². The van der Waals surface area contributed by atoms with Crippen molar-refractivity contribution in [1.29, 1.82) is 0 Å². The Kier molecular flexibility index (Phi) is 2.88. The molecule has 1 aliphatic rings. The first-order valence-electron chi connectivity index (χ1n) is 5.97. The van der Waals surface area contributed by atoms with Gasteiger partial charge in [-0.05, 0) is 31.0 Å². The molecule has 0 amide bonds. The number of aromatic hydroxyl groups is 1. The molecule has 0 bridgehead atoms. The fourth-order valence-corrected chi connectivity index (χ4v) is 2.14. The average Bonchev–Trinajstić information content (AvgIpc) is 3.10. The van der Waals surface area contributed by atoms with Crippen LogP contribution in [0.5, 0.6) is 5.75 Å². The van der Waals surface area contributed by atoms with E-state index >= 15 is 0 Å². The van der Waals surface area contributed by atoms with Crippen molar-refractivity contribution in [3.05, 3.63) is 41.4 Å². The van der Waals surface area contributed by atoms with Gasteiger partial charge in [0.25, 0.3) is 0 Å². The standard InChI is InChI=1S/C13H14ClN3O/c14-12-5-9(1-4-13(12)18)16-7-11-6-15-8-17(11)10-2-3-10/h1,4-6,8,10,16,18H,2-3,7H2. The second-order valence-electron chi connectivity index (χ2n) is 4.54. The van der Waals surface area contributed by atoms with Crippen LogP contribution < -0.4 is 5.32 Å². The van der Waals surface area contributed by atoms with E-state index in [9.17, 15) is 5.11 Å². The third-order valence-corrected chi connectivity index (χ3v) is 3.41. The van der Waals surface area contributed by atoms with Gasteiger partial charge in [-0.25, -0.2) is 4.98 Å². The number of hydrogen-bond acceptors (Lipinski definition) is 3. The van der Waals surface area contributed by atoms with E-state index in [2.05, 4.69) is 14.9 Å². The van der Waals surface area contributed by atoms with Crippen molar-refractivity contribution < 1.29 is 5.11 Å². The quantitative estimate of drug-likeness (QED) is 0.833. The Balaban J connectivity index is 1.69. The minimum Gasteiger partial charge on any atom is -0.506 e. The van der Waals surface area contributed by atoms with Crippen molar-refractivity contribution in [1.82, 2.24) is 9.55 Å². The Morgan fingerprint density at radius 1 is 1.44 bits per heavy atom. The minimum atomic E-state index is 0.102. The molecule has 2 aromatic rings. The monoisotopic (exact) mass is 263 g/mol. The van der Waals surface area contributed by atoms with E-state index in [-0.39, 0.29) is 5.75 Å². The molecule has 1 aliphatic carbocycles. The molecule has 18 heavy (non-hydrogen) atoms. The Labute approximate surface area is 110 Å². The number of phenolic OH excluding ortho intramolecular Hbond substituents is 1. The molecule has 0 saturated heterocycles. The second-order valence-corrected chi connectivity index (χ2v) is 4.95. The highest BCUT2D eigenvalue weighted by molar-refractivity contribution is 6.32. The second kappa shape index (κ2) is 4.53. The van der Waals surface area contributed by atoms with E-state index in [0.717, 1.165) is 5.69 Å². The molecular weight excluding hydrogens is 250 g/mol. The van der Waals surface area contributed by atoms with Crippen LogP contribution in [0.25, 0.3) is 0 Å². The number of nitrogens with one attached hydrogen (secondary N) is 1. The summed E-state index contributed by atoms with van der Waals surface area (Å²) in [6, 6.07) is 5.74. The molecule has 0 spiro atoms. The first-order valence-corrected chi connectivity index (χ1v) is 6.35. The third-order valence-electron chi connectivity index (χ3n) is 3.11. The summed E-state index contributed by atoms with van der Waals surface area (Å²) in [5, 5.41) is 13.0. The van der Waals surface area contributed by atoms with Crippen molar-refractivity contribution in [2.75, 3.05) is 5.32 Å². The van der Waals surface area contributed by atoms with Gasteiger partial charge in [0, 0.05) is 17.9 Å². The summed E-state index contributed by atoms with van der Waals surface area (Å²) in [6.45, 7) is 0.706. The maximum Gasteiger partial charge on any atom is 0.134 e. The predicted molar refractivity (Wildman–Crippen MR) is 70.9 cm³/mol. The van der Waals surface area contributed by atoms with Gasteiger partial charge in [-0.1, -0.05) is 11.6 Å². The maximum atomic E-state index is 9.35. The smallest absolute Gasteiger partial charge is 0.134 e. The minimum absolute atomic E-state index is 0.102. The highest BCUT2D eigenvalue weighted by Gasteiger charge is 2.24. The van der Waals surface area contributed by atoms with Gasteiger partial charge in [0.05, 0.1) is 23.6 Å². The van der Waals surface area contributed by atoms with E-state index in [1.165, 1.54) is 18.5 Å². The number of benzene rings is 1. The molecule has 94 valence electrons. The van der Waals surface area contributed by atoms with Crippen molar-refractivity contribution in [2.24, 2.45) is 0 Å². The predicted octanol–water partition coefficient (Wildman–Crippen LogP) is 3.19. The normalized spacial score (nSPS) is 14.7. The maximum absolute atomic E-state index is 9.35. The number of imidazole rings is 1. The molecule has 2 N–H and O–H groups in total. The third kappa shape index (κ3) is 2.29. The molecule has 3 rings (SSSR count). The van der Waals surface area contributed by atoms with Crippen molar-refractivity contribution in [3.63, 3.8) is 0 Å². The summed E-state index contributed by atoms with van der Waals surface area (Å²) in [5.74, 6) is 0.102. The first kappa shape index (κ1) is 11.4. The lowest BCUT2D eigenvalue weighted by molar-refractivity contribution is 0.475. The van der Waals surface area contributed by atoms with E-state index in [1.54, 1.807) is 18.2 Å². The van der Waals surface area contributed by atoms with Gasteiger partial charge in [-0.15, -0.1) is 0 Å². The Morgan fingerprint density at radius 2 is 2.28 bits per heavy atom. The van der Waals surface area contributed by atoms with Gasteiger partial charge >= 0.3 is 0 Å². The molecule has 0 atom stereocenters. The lowest BCUT2D eigenvalue weighted by Crippen LogP contribution is -2.05. The number of hydrogen-bond donors (Lipinski definition) is 2. The van der Waals surface area contributed by atoms with Gasteiger partial charge < -0.3 is 15.0 Å². The zero-order chi connectivity index (χ0) is 12.5. The van der Waals surface area contributed by atoms with Crippen LogP contribution in [0.15, 0.2) is 30.7 Å². The topological polar surface area (TPSA) is 50.1 Å². The highest BCUT2D eigenvalue weighted by atomic mass is 35.5. The Bertz CT molecular complexity index is 563. The molecule has 1 fully saturated rings. The molecule has 1 aromatic carbocycles. The van der Waals surface area contributed by atoms with Crippen molar-refractivity contribution >= 4 is 17.3 Å². The molecule has 0 radical (unpaired) electrons. The fraction of sp³-hybridized carbons (Fsp3) is 0.308. The summed E-state index contributed by atoms with van der Waals surface area (Å²) in [5.41, 5.74) is 2.06. The molecule has 1 heterocycles. The Morgan fingerprint density at radius 3 is 3.00 bits per heavy atom. The van der Waals surface area contributed by atoms with Crippen LogP contribution in [-0.2, 0) is 6.54 Å². The number of phenols is 1. The summed E-state index contributed by atoms with van der Waals surface area (Å²) < 4.78 is 2.22. The van der Waals surface area contributed by atoms with Gasteiger partial charge in [0.15, 0.2) is 0 Å². The van der Waals surface area contributed by atoms with E-state index in [1.807, 2.05) is 12.5 Å². The zero-order valence-electron chi connectivity index (χ0n) is 9.81. The molecule has 0 unspecified atom stereocenters. The number of nitrogens with zero attached hydrogens (tertiary/aromatic N) is 2. The van der Waals surface area contributed by atoms with E-state index in [0.29, 0.717) is 17.6 Å². The number of aromatic nitrogens is 2. The van der Waals surface area contributed by atoms with Crippen LogP contribution in [0.4, 0.5) is 5.69 Å². The van der Waals surface area contributed by atoms with Gasteiger partial charge in [0.2, 0.25) is 0 Å². The largest absolute Gasteiger partial charge is 0.506 e. The molecular formula is C13H14ClN3O. The zero-order valence-corrected chi connectivity index (χ0v) is 10.6. The summed E-state index contributed by atoms with van der Waals surface area (Å²) in [4.78, 5) is 4.18. The first-order chi connectivity index (χ1) is 8.74. The highest BCUT2D eigenvalue weighted by Crippen LogP contribution is 2.35. The van der Waals surface area contributed by atoms with Crippen LogP contribution in [0.2, 0.25) is 5.02 Å². The average molecular weight is 264 g/mol. The van der Waals surface area contributed by atoms with Crippen LogP contribution in [0, 0.1) is 0 Å². The number of halogens is 1. The number of rotatable bonds is 4. The van der Waals surface area contributed by atoms with E-state index in [4.69, 9.17) is 11.6 Å². The SMILES string of the molecule is Oc1ccc(NCc2cncn2C2CC2)cc1Cl. The van der Waals surface area contributed by atoms with Gasteiger partial charge in [0.1, 0.15) is 5.75 Å². The molecule has 4 nitrogen and oxygen atoms in total. The summed E-state index contributed by atoms with van der Waals surface area (Å²) >= 11 is 5.86. The van der Waals surface area contributed by atoms with Crippen LogP contribution >= 0.6 is 11.6 Å². The van der Waals surface area contributed by atoms with Crippen LogP contribution in [0.3, 0.4) is 0 Å². The molecule has 1 aromatic heterocycles. The molecule has 5 heteroatoms. The number of anilines is 1. The van der Waals surface area contributed by atoms with E-state index < -0.39 is 0 Å². The molecule has 1 saturated carbocycles. The van der Waals surface area contributed by atoms with Crippen molar-refractivity contribution in [2.45, 2.75) is 25.4 Å².